The summed E-state index contributed by atoms with van der Waals surface area (Å²) < 4.78 is 13.3. The summed E-state index contributed by atoms with van der Waals surface area (Å²) in [6, 6.07) is 10.4. The SMILES string of the molecule is CN(C)C(=O)c1cccc([N-]C2=C(N[C@@H](c3ccc(F)cc3)C3CC3)C(=O)C2O)c1O.[Li+]. The first kappa shape index (κ1) is 23.9. The molecule has 1 fully saturated rings. The number of halogens is 1. The van der Waals surface area contributed by atoms with Gasteiger partial charge >= 0.3 is 18.9 Å². The third-order valence-electron chi connectivity index (χ3n) is 5.52. The molecule has 0 saturated heterocycles. The Kier molecular flexibility index (Phi) is 6.99. The summed E-state index contributed by atoms with van der Waals surface area (Å²) in [5.41, 5.74) is 1.26. The summed E-state index contributed by atoms with van der Waals surface area (Å²) in [4.78, 5) is 25.9. The molecule has 1 unspecified atom stereocenters. The molecule has 3 N–H and O–H groups in total. The zero-order chi connectivity index (χ0) is 22.3. The number of ketones is 1. The molecule has 9 heteroatoms. The van der Waals surface area contributed by atoms with E-state index in [2.05, 4.69) is 10.6 Å². The van der Waals surface area contributed by atoms with Crippen LogP contribution in [0.1, 0.15) is 34.8 Å². The van der Waals surface area contributed by atoms with E-state index in [1.165, 1.54) is 29.2 Å². The maximum absolute atomic E-state index is 13.3. The van der Waals surface area contributed by atoms with Gasteiger partial charge < -0.3 is 25.7 Å². The van der Waals surface area contributed by atoms with Crippen LogP contribution in [0, 0.1) is 11.7 Å². The molecular formula is C23H23FLiN3O4. The molecule has 1 saturated carbocycles. The number of Topliss-reactive ketones (excluding diaryl/α,β-unsaturated/α-hetero) is 1. The van der Waals surface area contributed by atoms with Gasteiger partial charge in [-0.05, 0) is 42.5 Å². The van der Waals surface area contributed by atoms with Crippen molar-refractivity contribution in [2.75, 3.05) is 14.1 Å². The second-order valence-electron chi connectivity index (χ2n) is 8.02. The number of aliphatic hydroxyl groups excluding tert-OH is 1. The molecule has 0 bridgehead atoms. The van der Waals surface area contributed by atoms with Crippen molar-refractivity contribution in [2.45, 2.75) is 25.0 Å². The van der Waals surface area contributed by atoms with Crippen molar-refractivity contribution < 1.29 is 43.1 Å². The summed E-state index contributed by atoms with van der Waals surface area (Å²) >= 11 is 0. The summed E-state index contributed by atoms with van der Waals surface area (Å²) in [6.45, 7) is 0. The molecule has 4 rings (SSSR count). The van der Waals surface area contributed by atoms with Crippen molar-refractivity contribution in [1.82, 2.24) is 10.2 Å². The quantitative estimate of drug-likeness (QED) is 0.541. The summed E-state index contributed by atoms with van der Waals surface area (Å²) in [5.74, 6) is -1.26. The van der Waals surface area contributed by atoms with Gasteiger partial charge in [0.05, 0.1) is 17.3 Å². The molecule has 0 aliphatic heterocycles. The monoisotopic (exact) mass is 431 g/mol. The number of carbonyl (C=O) groups is 2. The van der Waals surface area contributed by atoms with Crippen LogP contribution in [0.25, 0.3) is 5.32 Å². The molecule has 2 atom stereocenters. The van der Waals surface area contributed by atoms with Crippen LogP contribution in [0.2, 0.25) is 0 Å². The Balaban J connectivity index is 0.00000289. The van der Waals surface area contributed by atoms with Crippen molar-refractivity contribution in [3.63, 3.8) is 0 Å². The molecule has 7 nitrogen and oxygen atoms in total. The largest absolute Gasteiger partial charge is 1.00 e. The number of nitrogens with one attached hydrogen (secondary N) is 1. The topological polar surface area (TPSA) is 104 Å². The van der Waals surface area contributed by atoms with Crippen LogP contribution in [0.3, 0.4) is 0 Å². The average molecular weight is 431 g/mol. The maximum Gasteiger partial charge on any atom is 1.00 e. The number of aromatic hydroxyl groups is 1. The minimum Gasteiger partial charge on any atom is -0.654 e. The Bertz CT molecular complexity index is 1070. The van der Waals surface area contributed by atoms with Crippen molar-refractivity contribution in [3.8, 4) is 5.75 Å². The standard InChI is InChI=1S/C23H24FN3O4.Li/c1-27(2)23(31)15-4-3-5-16(20(15)28)25-18-19(22(30)21(18)29)26-17(12-6-7-12)13-8-10-14(24)11-9-13;/h3-5,8-12,17,21,26,29H,6-7H2,1-2H3,(H2,25,28,30,31);/q;+1/p-1/t17-,21?;/m1./s1. The number of nitrogens with zero attached hydrogens (tertiary/aromatic N) is 2. The van der Waals surface area contributed by atoms with Crippen LogP contribution in [-0.2, 0) is 4.79 Å². The Morgan fingerprint density at radius 2 is 1.84 bits per heavy atom. The van der Waals surface area contributed by atoms with Gasteiger partial charge in [-0.1, -0.05) is 35.6 Å². The second-order valence-corrected chi connectivity index (χ2v) is 8.02. The van der Waals surface area contributed by atoms with Gasteiger partial charge in [-0.15, -0.1) is 0 Å². The molecule has 0 spiro atoms. The van der Waals surface area contributed by atoms with Crippen molar-refractivity contribution >= 4 is 17.4 Å². The predicted octanol–water partition coefficient (Wildman–Crippen LogP) is 0.138. The van der Waals surface area contributed by atoms with E-state index < -0.39 is 17.8 Å². The first-order valence-corrected chi connectivity index (χ1v) is 10.0. The fraction of sp³-hybridized carbons (Fsp3) is 0.304. The summed E-state index contributed by atoms with van der Waals surface area (Å²) in [6.07, 6.45) is 0.533. The normalized spacial score (nSPS) is 18.4. The Hall–Kier alpha value is -2.79. The first-order chi connectivity index (χ1) is 14.8. The van der Waals surface area contributed by atoms with Crippen LogP contribution in [0.15, 0.2) is 53.9 Å². The predicted molar refractivity (Wildman–Crippen MR) is 112 cm³/mol. The number of amides is 1. The fourth-order valence-electron chi connectivity index (χ4n) is 3.60. The van der Waals surface area contributed by atoms with Gasteiger partial charge in [0.25, 0.3) is 5.91 Å². The zero-order valence-electron chi connectivity index (χ0n) is 18.2. The molecule has 2 aliphatic rings. The van der Waals surface area contributed by atoms with Gasteiger partial charge in [-0.3, -0.25) is 9.59 Å². The molecule has 162 valence electrons. The van der Waals surface area contributed by atoms with Crippen molar-refractivity contribution in [1.29, 1.82) is 0 Å². The smallest absolute Gasteiger partial charge is 0.654 e. The van der Waals surface area contributed by atoms with E-state index in [1.807, 2.05) is 0 Å². The van der Waals surface area contributed by atoms with Crippen molar-refractivity contribution in [3.05, 3.63) is 76.1 Å². The van der Waals surface area contributed by atoms with Gasteiger partial charge in [0.15, 0.2) is 0 Å². The molecule has 2 aromatic carbocycles. The van der Waals surface area contributed by atoms with Crippen LogP contribution >= 0.6 is 0 Å². The van der Waals surface area contributed by atoms with E-state index in [-0.39, 0.29) is 59.1 Å². The number of aliphatic hydroxyl groups is 1. The number of phenolic OH excluding ortho intramolecular Hbond substituents is 1. The molecule has 2 aromatic rings. The fourth-order valence-corrected chi connectivity index (χ4v) is 3.60. The Morgan fingerprint density at radius 3 is 2.44 bits per heavy atom. The van der Waals surface area contributed by atoms with Gasteiger partial charge in [0.2, 0.25) is 5.78 Å². The van der Waals surface area contributed by atoms with E-state index >= 15 is 0 Å². The number of hydrogen-bond donors (Lipinski definition) is 3. The van der Waals surface area contributed by atoms with Gasteiger partial charge in [0, 0.05) is 14.1 Å². The van der Waals surface area contributed by atoms with Gasteiger partial charge in [-0.2, -0.15) is 0 Å². The number of hydrogen-bond acceptors (Lipinski definition) is 5. The molecule has 0 aromatic heterocycles. The Labute approximate surface area is 197 Å². The van der Waals surface area contributed by atoms with Gasteiger partial charge in [0.1, 0.15) is 17.7 Å². The zero-order valence-corrected chi connectivity index (χ0v) is 18.2. The first-order valence-electron chi connectivity index (χ1n) is 10.0. The Morgan fingerprint density at radius 1 is 1.19 bits per heavy atom. The van der Waals surface area contributed by atoms with Crippen LogP contribution in [0.4, 0.5) is 10.1 Å². The van der Waals surface area contributed by atoms with Gasteiger partial charge in [-0.25, -0.2) is 4.39 Å². The third-order valence-corrected chi connectivity index (χ3v) is 5.52. The summed E-state index contributed by atoms with van der Waals surface area (Å²) in [5, 5.41) is 28.2. The van der Waals surface area contributed by atoms with E-state index in [4.69, 9.17) is 0 Å². The number of benzene rings is 2. The molecule has 1 amide bonds. The average Bonchev–Trinajstić information content (AvgIpc) is 3.59. The summed E-state index contributed by atoms with van der Waals surface area (Å²) in [7, 11) is 3.13. The number of para-hydroxylation sites is 1. The third kappa shape index (κ3) is 4.53. The maximum atomic E-state index is 13.3. The van der Waals surface area contributed by atoms with E-state index in [9.17, 15) is 24.2 Å². The minimum atomic E-state index is -1.41. The number of carbonyl (C=O) groups excluding carboxylic acids is 2. The molecule has 2 aliphatic carbocycles. The minimum absolute atomic E-state index is 0. The van der Waals surface area contributed by atoms with Crippen molar-refractivity contribution in [2.24, 2.45) is 5.92 Å². The molecule has 32 heavy (non-hydrogen) atoms. The number of rotatable bonds is 7. The van der Waals surface area contributed by atoms with E-state index in [0.29, 0.717) is 5.92 Å². The molecule has 0 radical (unpaired) electrons. The number of phenols is 1. The molecule has 0 heterocycles. The van der Waals surface area contributed by atoms with Crippen LogP contribution in [0.5, 0.6) is 5.75 Å². The van der Waals surface area contributed by atoms with Crippen LogP contribution in [-0.4, -0.2) is 47.0 Å². The van der Waals surface area contributed by atoms with Crippen LogP contribution < -0.4 is 24.2 Å². The second kappa shape index (κ2) is 9.37. The van der Waals surface area contributed by atoms with E-state index in [1.54, 1.807) is 32.3 Å². The van der Waals surface area contributed by atoms with E-state index in [0.717, 1.165) is 18.4 Å². The molecular weight excluding hydrogens is 408 g/mol.